The summed E-state index contributed by atoms with van der Waals surface area (Å²) in [6.45, 7) is 2.70. The van der Waals surface area contributed by atoms with Gasteiger partial charge in [0.05, 0.1) is 18.7 Å². The predicted molar refractivity (Wildman–Crippen MR) is 155 cm³/mol. The first kappa shape index (κ1) is 27.1. The first-order valence-electron chi connectivity index (χ1n) is 12.8. The molecule has 0 aliphatic carbocycles. The lowest BCUT2D eigenvalue weighted by atomic mass is 10.0. The van der Waals surface area contributed by atoms with Gasteiger partial charge in [0.1, 0.15) is 5.75 Å². The zero-order valence-electron chi connectivity index (χ0n) is 21.7. The van der Waals surface area contributed by atoms with E-state index in [1.54, 1.807) is 48.5 Å². The van der Waals surface area contributed by atoms with E-state index in [4.69, 9.17) is 4.74 Å². The van der Waals surface area contributed by atoms with E-state index in [-0.39, 0.29) is 29.6 Å². The lowest BCUT2D eigenvalue weighted by Crippen LogP contribution is -2.18. The van der Waals surface area contributed by atoms with Crippen LogP contribution in [0.3, 0.4) is 0 Å². The van der Waals surface area contributed by atoms with Crippen molar-refractivity contribution >= 4 is 35.0 Å². The van der Waals surface area contributed by atoms with E-state index in [0.717, 1.165) is 23.3 Å². The topological polar surface area (TPSA) is 84.5 Å². The smallest absolute Gasteiger partial charge is 0.248 e. The molecule has 196 valence electrons. The molecule has 6 nitrogen and oxygen atoms in total. The van der Waals surface area contributed by atoms with Gasteiger partial charge in [-0.05, 0) is 54.0 Å². The monoisotopic (exact) mass is 518 g/mol. The molecule has 0 spiro atoms. The number of carbonyl (C=O) groups excluding carboxylic acids is 3. The minimum atomic E-state index is -0.347. The van der Waals surface area contributed by atoms with Gasteiger partial charge in [-0.1, -0.05) is 79.7 Å². The highest BCUT2D eigenvalue weighted by molar-refractivity contribution is 6.15. The molecule has 6 heteroatoms. The summed E-state index contributed by atoms with van der Waals surface area (Å²) in [6, 6.07) is 30.5. The Morgan fingerprint density at radius 3 is 2.18 bits per heavy atom. The van der Waals surface area contributed by atoms with Crippen molar-refractivity contribution in [2.45, 2.75) is 19.8 Å². The molecular formula is C33H30N2O4. The molecule has 4 aromatic rings. The molecule has 0 saturated carbocycles. The summed E-state index contributed by atoms with van der Waals surface area (Å²) in [5.74, 6) is -0.0675. The molecule has 2 N–H and O–H groups in total. The average molecular weight is 519 g/mol. The molecule has 4 rings (SSSR count). The first-order chi connectivity index (χ1) is 19.0. The van der Waals surface area contributed by atoms with E-state index in [9.17, 15) is 14.4 Å². The maximum Gasteiger partial charge on any atom is 0.248 e. The molecule has 0 heterocycles. The number of hydrogen-bond donors (Lipinski definition) is 2. The second-order valence-electron chi connectivity index (χ2n) is 8.91. The maximum atomic E-state index is 13.4. The third-order valence-electron chi connectivity index (χ3n) is 5.83. The number of amides is 2. The van der Waals surface area contributed by atoms with Crippen LogP contribution in [0.15, 0.2) is 109 Å². The van der Waals surface area contributed by atoms with Crippen molar-refractivity contribution in [3.63, 3.8) is 0 Å². The summed E-state index contributed by atoms with van der Waals surface area (Å²) < 4.78 is 5.58. The molecule has 39 heavy (non-hydrogen) atoms. The van der Waals surface area contributed by atoms with Gasteiger partial charge in [-0.2, -0.15) is 0 Å². The fourth-order valence-corrected chi connectivity index (χ4v) is 3.89. The average Bonchev–Trinajstić information content (AvgIpc) is 2.97. The van der Waals surface area contributed by atoms with Crippen molar-refractivity contribution in [3.05, 3.63) is 131 Å². The Hall–Kier alpha value is -4.97. The fourth-order valence-electron chi connectivity index (χ4n) is 3.89. The van der Waals surface area contributed by atoms with Crippen LogP contribution in [0.5, 0.6) is 5.75 Å². The molecule has 0 atom stereocenters. The highest BCUT2D eigenvalue weighted by Crippen LogP contribution is 2.24. The number of rotatable bonds is 11. The highest BCUT2D eigenvalue weighted by Gasteiger charge is 2.17. The van der Waals surface area contributed by atoms with Gasteiger partial charge in [0.25, 0.3) is 0 Å². The quantitative estimate of drug-likeness (QED) is 0.174. The van der Waals surface area contributed by atoms with Gasteiger partial charge in [0.15, 0.2) is 5.78 Å². The Kier molecular flexibility index (Phi) is 9.40. The van der Waals surface area contributed by atoms with Crippen molar-refractivity contribution in [1.29, 1.82) is 0 Å². The van der Waals surface area contributed by atoms with Crippen molar-refractivity contribution in [2.24, 2.45) is 0 Å². The van der Waals surface area contributed by atoms with E-state index in [2.05, 4.69) is 10.6 Å². The molecule has 0 radical (unpaired) electrons. The number of benzene rings is 4. The predicted octanol–water partition coefficient (Wildman–Crippen LogP) is 6.54. The van der Waals surface area contributed by atoms with Gasteiger partial charge in [0.2, 0.25) is 11.8 Å². The SMILES string of the molecule is CCCOc1ccc(/C=C/C(=O)Nc2ccc(NC(=O)Cc3ccccc3)c(C(=O)c3ccccc3)c2)cc1. The summed E-state index contributed by atoms with van der Waals surface area (Å²) in [7, 11) is 0. The van der Waals surface area contributed by atoms with Crippen LogP contribution in [0.1, 0.15) is 40.4 Å². The largest absolute Gasteiger partial charge is 0.494 e. The Labute approximate surface area is 228 Å². The lowest BCUT2D eigenvalue weighted by Gasteiger charge is -2.13. The molecule has 0 fully saturated rings. The van der Waals surface area contributed by atoms with Crippen LogP contribution in [-0.4, -0.2) is 24.2 Å². The molecule has 0 unspecified atom stereocenters. The zero-order valence-corrected chi connectivity index (χ0v) is 21.7. The molecule has 4 aromatic carbocycles. The van der Waals surface area contributed by atoms with E-state index in [1.807, 2.05) is 67.6 Å². The molecule has 0 saturated heterocycles. The number of ketones is 1. The molecule has 0 aliphatic heterocycles. The van der Waals surface area contributed by atoms with Gasteiger partial charge >= 0.3 is 0 Å². The number of hydrogen-bond acceptors (Lipinski definition) is 4. The van der Waals surface area contributed by atoms with Crippen molar-refractivity contribution in [3.8, 4) is 5.75 Å². The highest BCUT2D eigenvalue weighted by atomic mass is 16.5. The Morgan fingerprint density at radius 1 is 0.795 bits per heavy atom. The van der Waals surface area contributed by atoms with Gasteiger partial charge in [-0.15, -0.1) is 0 Å². The van der Waals surface area contributed by atoms with Gasteiger partial charge in [0, 0.05) is 22.9 Å². The van der Waals surface area contributed by atoms with E-state index in [0.29, 0.717) is 23.5 Å². The van der Waals surface area contributed by atoms with Crippen LogP contribution < -0.4 is 15.4 Å². The third-order valence-corrected chi connectivity index (χ3v) is 5.83. The Balaban J connectivity index is 1.50. The lowest BCUT2D eigenvalue weighted by molar-refractivity contribution is -0.115. The van der Waals surface area contributed by atoms with Crippen LogP contribution in [0.25, 0.3) is 6.08 Å². The van der Waals surface area contributed by atoms with Crippen LogP contribution in [0.2, 0.25) is 0 Å². The van der Waals surface area contributed by atoms with Crippen molar-refractivity contribution in [2.75, 3.05) is 17.2 Å². The van der Waals surface area contributed by atoms with Crippen molar-refractivity contribution < 1.29 is 19.1 Å². The number of ether oxygens (including phenoxy) is 1. The molecule has 0 bridgehead atoms. The summed E-state index contributed by atoms with van der Waals surface area (Å²) in [6.07, 6.45) is 4.24. The third kappa shape index (κ3) is 8.01. The minimum Gasteiger partial charge on any atom is -0.494 e. The van der Waals surface area contributed by atoms with Gasteiger partial charge in [-0.25, -0.2) is 0 Å². The van der Waals surface area contributed by atoms with E-state index in [1.165, 1.54) is 6.08 Å². The fraction of sp³-hybridized carbons (Fsp3) is 0.121. The van der Waals surface area contributed by atoms with Crippen LogP contribution >= 0.6 is 0 Å². The number of carbonyl (C=O) groups is 3. The number of nitrogens with one attached hydrogen (secondary N) is 2. The minimum absolute atomic E-state index is 0.175. The summed E-state index contributed by atoms with van der Waals surface area (Å²) in [4.78, 5) is 38.7. The number of anilines is 2. The molecule has 0 aliphatic rings. The molecular weight excluding hydrogens is 488 g/mol. The summed E-state index contributed by atoms with van der Waals surface area (Å²) >= 11 is 0. The summed E-state index contributed by atoms with van der Waals surface area (Å²) in [5.41, 5.74) is 3.30. The van der Waals surface area contributed by atoms with Crippen LogP contribution in [0.4, 0.5) is 11.4 Å². The zero-order chi connectivity index (χ0) is 27.5. The first-order valence-corrected chi connectivity index (χ1v) is 12.8. The van der Waals surface area contributed by atoms with Gasteiger partial charge in [-0.3, -0.25) is 14.4 Å². The normalized spacial score (nSPS) is 10.7. The molecule has 2 amide bonds. The van der Waals surface area contributed by atoms with E-state index < -0.39 is 0 Å². The standard InChI is InChI=1S/C33H30N2O4/c1-2-21-39-28-17-13-24(14-18-28)15-20-31(36)34-27-16-19-30(35-32(37)22-25-9-5-3-6-10-25)29(23-27)33(38)26-11-7-4-8-12-26/h3-20,23H,2,21-22H2,1H3,(H,34,36)(H,35,37)/b20-15+. The summed E-state index contributed by atoms with van der Waals surface area (Å²) in [5, 5.41) is 5.66. The Bertz CT molecular complexity index is 1450. The second kappa shape index (κ2) is 13.5. The van der Waals surface area contributed by atoms with E-state index >= 15 is 0 Å². The molecule has 0 aromatic heterocycles. The maximum absolute atomic E-state index is 13.4. The second-order valence-corrected chi connectivity index (χ2v) is 8.91. The van der Waals surface area contributed by atoms with Crippen LogP contribution in [0, 0.1) is 0 Å². The van der Waals surface area contributed by atoms with Crippen LogP contribution in [-0.2, 0) is 16.0 Å². The Morgan fingerprint density at radius 2 is 1.49 bits per heavy atom. The van der Waals surface area contributed by atoms with Gasteiger partial charge < -0.3 is 15.4 Å². The van der Waals surface area contributed by atoms with Crippen molar-refractivity contribution in [1.82, 2.24) is 0 Å².